The first-order valence-electron chi connectivity index (χ1n) is 34.1. The van der Waals surface area contributed by atoms with E-state index in [1.165, 1.54) is 6.07 Å². The Bertz CT molecular complexity index is 3780. The van der Waals surface area contributed by atoms with Gasteiger partial charge in [0.2, 0.25) is 35.4 Å². The van der Waals surface area contributed by atoms with Gasteiger partial charge in [-0.3, -0.25) is 67.5 Å². The second kappa shape index (κ2) is 38.4. The molecular formula is C73H92FN13O14. The molecule has 28 heteroatoms. The molecule has 2 atom stereocenters. The SMILES string of the molecule is Cc1ccc(CNCC(=O)N2CCC(NC(=O)c3ccc(-c4ccccc4OCCNC(=O)[C@H](Cc4ccccc4)NC(=O)CCCCCNC(=O)CN4CCN(CC(=O)O)CCN(CC(=O)O)CCN(CC(=O)O)CC4)cc3)(C(=O)N[C@@H](Cc3c[nH]c4ccccc34)C(N)=O)CC2)cc1F. The molecule has 7 amide bonds. The smallest absolute Gasteiger partial charge is 0.317 e. The lowest BCUT2D eigenvalue weighted by atomic mass is 9.85. The molecule has 2 aliphatic heterocycles. The summed E-state index contributed by atoms with van der Waals surface area (Å²) in [5.41, 5.74) is 9.54. The third kappa shape index (κ3) is 24.3. The number of amides is 7. The number of primary amides is 1. The summed E-state index contributed by atoms with van der Waals surface area (Å²) < 4.78 is 20.5. The van der Waals surface area contributed by atoms with Crippen LogP contribution in [0.3, 0.4) is 0 Å². The lowest BCUT2D eigenvalue weighted by Gasteiger charge is -2.41. The number of carbonyl (C=O) groups is 10. The Morgan fingerprint density at radius 2 is 1.22 bits per heavy atom. The number of nitrogens with zero attached hydrogens (tertiary/aromatic N) is 5. The van der Waals surface area contributed by atoms with Gasteiger partial charge in [-0.1, -0.05) is 97.4 Å². The van der Waals surface area contributed by atoms with Gasteiger partial charge in [0.25, 0.3) is 5.91 Å². The summed E-state index contributed by atoms with van der Waals surface area (Å²) in [6.45, 7) is 3.80. The van der Waals surface area contributed by atoms with Crippen molar-refractivity contribution in [2.24, 2.45) is 5.73 Å². The summed E-state index contributed by atoms with van der Waals surface area (Å²) in [4.78, 5) is 143. The molecule has 0 saturated carbocycles. The third-order valence-electron chi connectivity index (χ3n) is 18.1. The number of aryl methyl sites for hydroxylation is 1. The largest absolute Gasteiger partial charge is 0.491 e. The Labute approximate surface area is 585 Å². The average Bonchev–Trinajstić information content (AvgIpc) is 0.966. The van der Waals surface area contributed by atoms with Gasteiger partial charge in [-0.2, -0.15) is 0 Å². The fourth-order valence-electron chi connectivity index (χ4n) is 12.3. The van der Waals surface area contributed by atoms with E-state index in [1.807, 2.05) is 71.6 Å². The van der Waals surface area contributed by atoms with Crippen LogP contribution in [0.5, 0.6) is 5.75 Å². The predicted octanol–water partition coefficient (Wildman–Crippen LogP) is 2.75. The molecule has 5 aromatic carbocycles. The second-order valence-corrected chi connectivity index (χ2v) is 25.6. The maximum absolute atomic E-state index is 14.6. The van der Waals surface area contributed by atoms with Gasteiger partial charge in [0.15, 0.2) is 0 Å². The molecule has 1 aromatic heterocycles. The van der Waals surface area contributed by atoms with E-state index in [9.17, 15) is 67.7 Å². The first-order chi connectivity index (χ1) is 48.6. The number of carboxylic acids is 3. The van der Waals surface area contributed by atoms with E-state index < -0.39 is 59.2 Å². The van der Waals surface area contributed by atoms with Crippen molar-refractivity contribution < 1.29 is 72.4 Å². The van der Waals surface area contributed by atoms with Crippen molar-refractivity contribution in [2.75, 3.05) is 118 Å². The summed E-state index contributed by atoms with van der Waals surface area (Å²) >= 11 is 0. The molecule has 540 valence electrons. The molecule has 0 radical (unpaired) electrons. The topological polar surface area (TPSA) is 371 Å². The second-order valence-electron chi connectivity index (χ2n) is 25.6. The van der Waals surface area contributed by atoms with Gasteiger partial charge in [0.1, 0.15) is 35.8 Å². The predicted molar refractivity (Wildman–Crippen MR) is 375 cm³/mol. The number of hydrogen-bond acceptors (Lipinski definition) is 16. The van der Waals surface area contributed by atoms with Crippen LogP contribution < -0.4 is 42.4 Å². The highest BCUT2D eigenvalue weighted by molar-refractivity contribution is 6.01. The number of unbranched alkanes of at least 4 members (excludes halogenated alkanes) is 2. The maximum atomic E-state index is 14.6. The molecule has 0 spiro atoms. The van der Waals surface area contributed by atoms with Crippen LogP contribution in [0, 0.1) is 12.7 Å². The summed E-state index contributed by atoms with van der Waals surface area (Å²) in [7, 11) is 0. The molecular weight excluding hydrogens is 1300 g/mol. The number of hydrogen-bond donors (Lipinski definition) is 11. The van der Waals surface area contributed by atoms with Crippen LogP contribution in [0.1, 0.15) is 71.1 Å². The third-order valence-corrected chi connectivity index (χ3v) is 18.1. The lowest BCUT2D eigenvalue weighted by molar-refractivity contribution is -0.140. The number of ether oxygens (including phenoxy) is 1. The quantitative estimate of drug-likeness (QED) is 0.0259. The van der Waals surface area contributed by atoms with Gasteiger partial charge in [-0.05, 0) is 90.8 Å². The Morgan fingerprint density at radius 1 is 0.614 bits per heavy atom. The molecule has 6 aromatic rings. The minimum absolute atomic E-state index is 0.00632. The average molecular weight is 1390 g/mol. The molecule has 0 unspecified atom stereocenters. The van der Waals surface area contributed by atoms with E-state index in [0.29, 0.717) is 66.9 Å². The van der Waals surface area contributed by atoms with Crippen LogP contribution in [0.2, 0.25) is 0 Å². The van der Waals surface area contributed by atoms with E-state index in [1.54, 1.807) is 81.3 Å². The Kier molecular flexibility index (Phi) is 29.2. The number of halogens is 1. The van der Waals surface area contributed by atoms with E-state index in [4.69, 9.17) is 10.5 Å². The number of carbonyl (C=O) groups excluding carboxylic acids is 7. The molecule has 12 N–H and O–H groups in total. The Morgan fingerprint density at radius 3 is 1.84 bits per heavy atom. The highest BCUT2D eigenvalue weighted by Crippen LogP contribution is 2.31. The number of piperidine rings is 1. The molecule has 3 heterocycles. The van der Waals surface area contributed by atoms with E-state index in [0.717, 1.165) is 22.0 Å². The number of aromatic nitrogens is 1. The minimum atomic E-state index is -1.57. The van der Waals surface area contributed by atoms with Crippen LogP contribution in [0.15, 0.2) is 128 Å². The van der Waals surface area contributed by atoms with Gasteiger partial charge >= 0.3 is 17.9 Å². The fraction of sp³-hybridized carbons (Fsp3) is 0.425. The summed E-state index contributed by atoms with van der Waals surface area (Å²) in [5, 5.41) is 47.0. The molecule has 101 heavy (non-hydrogen) atoms. The first kappa shape index (κ1) is 76.6. The van der Waals surface area contributed by atoms with Crippen LogP contribution >= 0.6 is 0 Å². The number of nitrogens with two attached hydrogens (primary N) is 1. The first-order valence-corrected chi connectivity index (χ1v) is 34.1. The minimum Gasteiger partial charge on any atom is -0.491 e. The molecule has 2 aliphatic rings. The number of aromatic amines is 1. The zero-order valence-corrected chi connectivity index (χ0v) is 56.9. The van der Waals surface area contributed by atoms with Crippen LogP contribution in [-0.2, 0) is 62.5 Å². The normalized spacial score (nSPS) is 15.6. The number of benzene rings is 5. The molecule has 0 aliphatic carbocycles. The highest BCUT2D eigenvalue weighted by Gasteiger charge is 2.45. The van der Waals surface area contributed by atoms with Gasteiger partial charge in [-0.25, -0.2) is 4.39 Å². The summed E-state index contributed by atoms with van der Waals surface area (Å²) in [6.07, 6.45) is 3.78. The van der Waals surface area contributed by atoms with E-state index in [-0.39, 0.29) is 166 Å². The monoisotopic (exact) mass is 1390 g/mol. The number of carboxylic acid groups (broad SMARTS) is 3. The molecule has 8 rings (SSSR count). The van der Waals surface area contributed by atoms with Crippen molar-refractivity contribution in [3.63, 3.8) is 0 Å². The Balaban J connectivity index is 0.818. The van der Waals surface area contributed by atoms with Gasteiger partial charge in [0.05, 0.1) is 39.3 Å². The number of fused-ring (bicyclic) bond motifs is 1. The van der Waals surface area contributed by atoms with Crippen molar-refractivity contribution in [1.82, 2.24) is 61.4 Å². The number of likely N-dealkylation sites (tertiary alicyclic amines) is 1. The van der Waals surface area contributed by atoms with Crippen molar-refractivity contribution in [2.45, 2.75) is 82.5 Å². The number of aliphatic carboxylic acids is 3. The van der Waals surface area contributed by atoms with E-state index >= 15 is 0 Å². The standard InChI is InChI=1S/C73H92FN13O14/c1-50-19-20-52(40-58(50)74)43-76-45-65(90)87-29-25-73(26-30-87,72(100)81-60(69(75)97)42-55-44-79-59-16-9-7-14-56(55)59)82-70(98)54-23-21-53(22-24-54)57-15-8-10-17-62(57)101-39-28-78-71(99)61(41-51-12-4-2-5-13-51)80-63(88)18-6-3-11-27-77-64(89)46-83-31-33-84(47-66(91)92)35-37-86(49-68(95)96)38-36-85(34-32-83)48-67(93)94/h2,4-5,7-10,12-17,19-24,40,44,60-61,76,79H,3,6,11,18,25-39,41-43,45-49H2,1H3,(H2,75,97)(H,77,89)(H,78,99)(H,80,88)(H,81,100)(H,82,98)(H,91,92)(H,93,94)(H,95,96)/t60-,61-/m0/s1. The van der Waals surface area contributed by atoms with Crippen molar-refractivity contribution in [3.8, 4) is 16.9 Å². The van der Waals surface area contributed by atoms with Crippen LogP contribution in [-0.4, -0.2) is 240 Å². The highest BCUT2D eigenvalue weighted by atomic mass is 19.1. The van der Waals surface area contributed by atoms with Gasteiger partial charge < -0.3 is 67.6 Å². The zero-order valence-electron chi connectivity index (χ0n) is 56.9. The van der Waals surface area contributed by atoms with Crippen molar-refractivity contribution in [1.29, 1.82) is 0 Å². The number of para-hydroxylation sites is 2. The van der Waals surface area contributed by atoms with Gasteiger partial charge in [-0.15, -0.1) is 0 Å². The molecule has 0 bridgehead atoms. The Hall–Kier alpha value is -10.1. The number of nitrogens with one attached hydrogen (secondary N) is 7. The molecule has 2 fully saturated rings. The number of rotatable bonds is 34. The summed E-state index contributed by atoms with van der Waals surface area (Å²) in [5.74, 6) is -6.28. The van der Waals surface area contributed by atoms with Crippen molar-refractivity contribution >= 4 is 70.2 Å². The summed E-state index contributed by atoms with van der Waals surface area (Å²) in [6, 6.07) is 33.5. The number of H-pyrrole nitrogens is 1. The van der Waals surface area contributed by atoms with Crippen LogP contribution in [0.25, 0.3) is 22.0 Å². The fourth-order valence-corrected chi connectivity index (χ4v) is 12.3. The molecule has 2 saturated heterocycles. The zero-order chi connectivity index (χ0) is 72.3. The van der Waals surface area contributed by atoms with Crippen LogP contribution in [0.4, 0.5) is 4.39 Å². The maximum Gasteiger partial charge on any atom is 0.317 e. The lowest BCUT2D eigenvalue weighted by Crippen LogP contribution is -2.66. The molecule has 27 nitrogen and oxygen atoms in total. The van der Waals surface area contributed by atoms with Crippen molar-refractivity contribution in [3.05, 3.63) is 161 Å². The van der Waals surface area contributed by atoms with E-state index in [2.05, 4.69) is 36.9 Å². The van der Waals surface area contributed by atoms with Gasteiger partial charge in [0, 0.05) is 126 Å².